The summed E-state index contributed by atoms with van der Waals surface area (Å²) in [5.74, 6) is -0.0482. The maximum Gasteiger partial charge on any atom is 0.315 e. The van der Waals surface area contributed by atoms with E-state index in [4.69, 9.17) is 4.74 Å². The summed E-state index contributed by atoms with van der Waals surface area (Å²) in [4.78, 5) is 25.8. The molecule has 3 amide bonds. The smallest absolute Gasteiger partial charge is 0.315 e. The number of carbonyl (C=O) groups excluding carboxylic acids is 2. The van der Waals surface area contributed by atoms with E-state index in [1.165, 1.54) is 6.07 Å². The van der Waals surface area contributed by atoms with Gasteiger partial charge in [-0.1, -0.05) is 12.1 Å². The highest BCUT2D eigenvalue weighted by Gasteiger charge is 2.25. The van der Waals surface area contributed by atoms with Crippen molar-refractivity contribution in [3.05, 3.63) is 29.6 Å². The Morgan fingerprint density at radius 3 is 3.04 bits per heavy atom. The van der Waals surface area contributed by atoms with Crippen molar-refractivity contribution in [1.82, 2.24) is 15.5 Å². The number of hydrogen-bond donors (Lipinski definition) is 2. The molecule has 0 aromatic heterocycles. The molecule has 1 aromatic carbocycles. The molecule has 1 saturated heterocycles. The summed E-state index contributed by atoms with van der Waals surface area (Å²) in [7, 11) is 0. The molecule has 0 aliphatic carbocycles. The maximum absolute atomic E-state index is 13.9. The monoisotopic (exact) mass is 349 g/mol. The van der Waals surface area contributed by atoms with E-state index < -0.39 is 5.82 Å². The minimum atomic E-state index is -0.410. The third-order valence-electron chi connectivity index (χ3n) is 4.60. The van der Waals surface area contributed by atoms with Gasteiger partial charge in [0.2, 0.25) is 5.91 Å². The molecule has 0 spiro atoms. The Morgan fingerprint density at radius 2 is 2.28 bits per heavy atom. The molecule has 2 atom stereocenters. The average molecular weight is 349 g/mol. The quantitative estimate of drug-likeness (QED) is 0.877. The van der Waals surface area contributed by atoms with Crippen molar-refractivity contribution in [2.75, 3.05) is 19.7 Å². The van der Waals surface area contributed by atoms with Crippen LogP contribution in [0.4, 0.5) is 9.18 Å². The Morgan fingerprint density at radius 1 is 1.44 bits per heavy atom. The summed E-state index contributed by atoms with van der Waals surface area (Å²) < 4.78 is 19.4. The van der Waals surface area contributed by atoms with Crippen LogP contribution in [0, 0.1) is 5.82 Å². The summed E-state index contributed by atoms with van der Waals surface area (Å²) in [6.45, 7) is 3.56. The summed E-state index contributed by atoms with van der Waals surface area (Å²) in [6.07, 6.45) is 2.88. The first kappa shape index (κ1) is 17.5. The number of carbonyl (C=O) groups is 2. The van der Waals surface area contributed by atoms with Gasteiger partial charge < -0.3 is 20.3 Å². The second-order valence-corrected chi connectivity index (χ2v) is 6.66. The van der Waals surface area contributed by atoms with Gasteiger partial charge in [-0.3, -0.25) is 4.79 Å². The van der Waals surface area contributed by atoms with Crippen LogP contribution >= 0.6 is 0 Å². The predicted octanol–water partition coefficient (Wildman–Crippen LogP) is 2.35. The van der Waals surface area contributed by atoms with E-state index >= 15 is 0 Å². The molecule has 0 saturated carbocycles. The normalized spacial score (nSPS) is 21.1. The van der Waals surface area contributed by atoms with E-state index in [-0.39, 0.29) is 29.8 Å². The standard InChI is InChI=1S/C18H24FN3O3/c1-12(11-22-9-3-8-16(22)23)20-18(24)21-15-7-4-10-25-17-13(15)5-2-6-14(17)19/h2,5-6,12,15H,3-4,7-11H2,1H3,(H2,20,21,24)/t12-,15+/m1/s1. The highest BCUT2D eigenvalue weighted by atomic mass is 19.1. The minimum Gasteiger partial charge on any atom is -0.490 e. The van der Waals surface area contributed by atoms with Crippen molar-refractivity contribution >= 4 is 11.9 Å². The molecular formula is C18H24FN3O3. The third kappa shape index (κ3) is 4.21. The second-order valence-electron chi connectivity index (χ2n) is 6.66. The Bertz CT molecular complexity index is 652. The van der Waals surface area contributed by atoms with Crippen LogP contribution in [0.25, 0.3) is 0 Å². The van der Waals surface area contributed by atoms with Crippen LogP contribution in [0.3, 0.4) is 0 Å². The van der Waals surface area contributed by atoms with Crippen LogP contribution in [0.2, 0.25) is 0 Å². The lowest BCUT2D eigenvalue weighted by molar-refractivity contribution is -0.127. The Kier molecular flexibility index (Phi) is 5.40. The van der Waals surface area contributed by atoms with Crippen molar-refractivity contribution < 1.29 is 18.7 Å². The van der Waals surface area contributed by atoms with Gasteiger partial charge in [-0.15, -0.1) is 0 Å². The van der Waals surface area contributed by atoms with Crippen LogP contribution in [-0.4, -0.2) is 42.6 Å². The zero-order valence-electron chi connectivity index (χ0n) is 14.4. The number of nitrogens with zero attached hydrogens (tertiary/aromatic N) is 1. The van der Waals surface area contributed by atoms with Gasteiger partial charge in [-0.25, -0.2) is 9.18 Å². The molecule has 6 nitrogen and oxygen atoms in total. The van der Waals surface area contributed by atoms with Crippen LogP contribution in [0.15, 0.2) is 18.2 Å². The molecule has 2 aliphatic heterocycles. The number of rotatable bonds is 4. The molecule has 25 heavy (non-hydrogen) atoms. The van der Waals surface area contributed by atoms with Crippen molar-refractivity contribution in [3.8, 4) is 5.75 Å². The van der Waals surface area contributed by atoms with E-state index in [2.05, 4.69) is 10.6 Å². The average Bonchev–Trinajstić information content (AvgIpc) is 2.84. The summed E-state index contributed by atoms with van der Waals surface area (Å²) in [5.41, 5.74) is 0.662. The number of halogens is 1. The Balaban J connectivity index is 1.59. The number of nitrogens with one attached hydrogen (secondary N) is 2. The summed E-state index contributed by atoms with van der Waals surface area (Å²) >= 11 is 0. The second kappa shape index (κ2) is 7.72. The minimum absolute atomic E-state index is 0.138. The van der Waals surface area contributed by atoms with Crippen LogP contribution < -0.4 is 15.4 Å². The van der Waals surface area contributed by atoms with E-state index in [1.807, 2.05) is 6.92 Å². The molecule has 1 fully saturated rings. The number of para-hydroxylation sites is 1. The number of benzene rings is 1. The molecular weight excluding hydrogens is 325 g/mol. The first-order chi connectivity index (χ1) is 12.0. The number of amides is 3. The molecule has 2 N–H and O–H groups in total. The zero-order chi connectivity index (χ0) is 17.8. The highest BCUT2D eigenvalue weighted by molar-refractivity contribution is 5.78. The Hall–Kier alpha value is -2.31. The van der Waals surface area contributed by atoms with Crippen molar-refractivity contribution in [3.63, 3.8) is 0 Å². The summed E-state index contributed by atoms with van der Waals surface area (Å²) in [6, 6.07) is 3.99. The van der Waals surface area contributed by atoms with Gasteiger partial charge in [0.25, 0.3) is 0 Å². The fourth-order valence-electron chi connectivity index (χ4n) is 3.42. The number of ether oxygens (including phenoxy) is 1. The molecule has 0 unspecified atom stereocenters. The lowest BCUT2D eigenvalue weighted by Gasteiger charge is -2.24. The molecule has 0 radical (unpaired) electrons. The summed E-state index contributed by atoms with van der Waals surface area (Å²) in [5, 5.41) is 5.77. The first-order valence-corrected chi connectivity index (χ1v) is 8.80. The van der Waals surface area contributed by atoms with Gasteiger partial charge >= 0.3 is 6.03 Å². The largest absolute Gasteiger partial charge is 0.490 e. The zero-order valence-corrected chi connectivity index (χ0v) is 14.4. The number of hydrogen-bond acceptors (Lipinski definition) is 3. The van der Waals surface area contributed by atoms with Gasteiger partial charge in [-0.2, -0.15) is 0 Å². The number of urea groups is 1. The predicted molar refractivity (Wildman–Crippen MR) is 90.8 cm³/mol. The van der Waals surface area contributed by atoms with Gasteiger partial charge in [-0.05, 0) is 32.3 Å². The molecule has 3 rings (SSSR count). The SMILES string of the molecule is C[C@H](CN1CCCC1=O)NC(=O)N[C@H]1CCCOc2c(F)cccc21. The van der Waals surface area contributed by atoms with Crippen LogP contribution in [-0.2, 0) is 4.79 Å². The molecule has 1 aromatic rings. The lowest BCUT2D eigenvalue weighted by Crippen LogP contribution is -2.47. The van der Waals surface area contributed by atoms with Crippen molar-refractivity contribution in [1.29, 1.82) is 0 Å². The van der Waals surface area contributed by atoms with E-state index in [0.29, 0.717) is 31.6 Å². The third-order valence-corrected chi connectivity index (χ3v) is 4.60. The molecule has 7 heteroatoms. The highest BCUT2D eigenvalue weighted by Crippen LogP contribution is 2.33. The first-order valence-electron chi connectivity index (χ1n) is 8.80. The molecule has 2 heterocycles. The molecule has 2 aliphatic rings. The number of fused-ring (bicyclic) bond motifs is 1. The van der Waals surface area contributed by atoms with Crippen molar-refractivity contribution in [2.24, 2.45) is 0 Å². The maximum atomic E-state index is 13.9. The Labute approximate surface area is 146 Å². The van der Waals surface area contributed by atoms with Crippen molar-refractivity contribution in [2.45, 2.75) is 44.7 Å². The van der Waals surface area contributed by atoms with Crippen LogP contribution in [0.1, 0.15) is 44.2 Å². The molecule has 0 bridgehead atoms. The molecule has 136 valence electrons. The number of likely N-dealkylation sites (tertiary alicyclic amines) is 1. The van der Waals surface area contributed by atoms with Gasteiger partial charge in [0.1, 0.15) is 0 Å². The van der Waals surface area contributed by atoms with E-state index in [9.17, 15) is 14.0 Å². The van der Waals surface area contributed by atoms with Gasteiger partial charge in [0, 0.05) is 31.1 Å². The van der Waals surface area contributed by atoms with Crippen LogP contribution in [0.5, 0.6) is 5.75 Å². The topological polar surface area (TPSA) is 70.7 Å². The fourth-order valence-corrected chi connectivity index (χ4v) is 3.42. The van der Waals surface area contributed by atoms with E-state index in [0.717, 1.165) is 19.4 Å². The van der Waals surface area contributed by atoms with E-state index in [1.54, 1.807) is 17.0 Å². The fraction of sp³-hybridized carbons (Fsp3) is 0.556. The van der Waals surface area contributed by atoms with Gasteiger partial charge in [0.15, 0.2) is 11.6 Å². The van der Waals surface area contributed by atoms with Gasteiger partial charge in [0.05, 0.1) is 12.6 Å². The lowest BCUT2D eigenvalue weighted by atomic mass is 10.0.